The highest BCUT2D eigenvalue weighted by atomic mass is 16.5. The Labute approximate surface area is 98.8 Å². The number of furan rings is 1. The molecule has 1 atom stereocenters. The molecule has 0 saturated carbocycles. The number of ether oxygens (including phenoxy) is 1. The van der Waals surface area contributed by atoms with Crippen LogP contribution in [0.5, 0.6) is 0 Å². The lowest BCUT2D eigenvalue weighted by Gasteiger charge is -2.09. The van der Waals surface area contributed by atoms with E-state index in [-0.39, 0.29) is 13.0 Å². The fourth-order valence-electron chi connectivity index (χ4n) is 1.76. The van der Waals surface area contributed by atoms with E-state index in [9.17, 15) is 9.90 Å². The van der Waals surface area contributed by atoms with Gasteiger partial charge in [-0.3, -0.25) is 0 Å². The van der Waals surface area contributed by atoms with Crippen LogP contribution in [-0.2, 0) is 16.0 Å². The molecule has 0 bridgehead atoms. The second kappa shape index (κ2) is 5.01. The molecule has 0 aliphatic heterocycles. The molecule has 0 fully saturated rings. The van der Waals surface area contributed by atoms with Gasteiger partial charge in [0.15, 0.2) is 6.10 Å². The van der Waals surface area contributed by atoms with Gasteiger partial charge in [-0.1, -0.05) is 12.1 Å². The Morgan fingerprint density at radius 1 is 1.47 bits per heavy atom. The molecular weight excluding hydrogens is 220 g/mol. The van der Waals surface area contributed by atoms with Crippen LogP contribution in [0.1, 0.15) is 12.5 Å². The van der Waals surface area contributed by atoms with Crippen LogP contribution in [0.15, 0.2) is 34.9 Å². The number of hydrogen-bond acceptors (Lipinski definition) is 4. The number of hydrogen-bond donors (Lipinski definition) is 1. The average Bonchev–Trinajstić information content (AvgIpc) is 2.78. The first kappa shape index (κ1) is 11.7. The highest BCUT2D eigenvalue weighted by molar-refractivity contribution is 5.82. The Kier molecular flexibility index (Phi) is 3.44. The smallest absolute Gasteiger partial charge is 0.335 e. The molecular formula is C13H14O4. The van der Waals surface area contributed by atoms with Crippen molar-refractivity contribution in [2.24, 2.45) is 0 Å². The van der Waals surface area contributed by atoms with Gasteiger partial charge in [-0.05, 0) is 24.6 Å². The van der Waals surface area contributed by atoms with E-state index in [1.807, 2.05) is 24.3 Å². The number of aliphatic hydroxyl groups is 1. The van der Waals surface area contributed by atoms with Gasteiger partial charge in [0.05, 0.1) is 12.9 Å². The first-order chi connectivity index (χ1) is 8.22. The molecule has 1 unspecified atom stereocenters. The maximum Gasteiger partial charge on any atom is 0.335 e. The predicted molar refractivity (Wildman–Crippen MR) is 62.6 cm³/mol. The van der Waals surface area contributed by atoms with E-state index in [1.165, 1.54) is 0 Å². The first-order valence-electron chi connectivity index (χ1n) is 5.52. The van der Waals surface area contributed by atoms with Gasteiger partial charge < -0.3 is 14.3 Å². The van der Waals surface area contributed by atoms with Gasteiger partial charge in [-0.15, -0.1) is 0 Å². The van der Waals surface area contributed by atoms with Crippen LogP contribution in [0.25, 0.3) is 11.0 Å². The summed E-state index contributed by atoms with van der Waals surface area (Å²) in [4.78, 5) is 11.3. The zero-order valence-electron chi connectivity index (χ0n) is 9.55. The van der Waals surface area contributed by atoms with Crippen LogP contribution in [0, 0.1) is 0 Å². The van der Waals surface area contributed by atoms with E-state index in [4.69, 9.17) is 9.15 Å². The Hall–Kier alpha value is -1.81. The fraction of sp³-hybridized carbons (Fsp3) is 0.308. The lowest BCUT2D eigenvalue weighted by atomic mass is 10.0. The van der Waals surface area contributed by atoms with Crippen molar-refractivity contribution < 1.29 is 19.1 Å². The molecule has 0 amide bonds. The van der Waals surface area contributed by atoms with Crippen molar-refractivity contribution in [3.05, 3.63) is 36.1 Å². The topological polar surface area (TPSA) is 59.7 Å². The Bertz CT molecular complexity index is 515. The van der Waals surface area contributed by atoms with Gasteiger partial charge in [0.25, 0.3) is 0 Å². The van der Waals surface area contributed by atoms with Crippen molar-refractivity contribution in [3.63, 3.8) is 0 Å². The second-order valence-electron chi connectivity index (χ2n) is 3.72. The third kappa shape index (κ3) is 2.47. The minimum Gasteiger partial charge on any atom is -0.464 e. The molecule has 1 aromatic carbocycles. The van der Waals surface area contributed by atoms with Crippen LogP contribution < -0.4 is 0 Å². The van der Waals surface area contributed by atoms with Gasteiger partial charge in [-0.25, -0.2) is 4.79 Å². The Morgan fingerprint density at radius 3 is 3.06 bits per heavy atom. The normalized spacial score (nSPS) is 12.6. The quantitative estimate of drug-likeness (QED) is 0.821. The molecule has 2 aromatic rings. The monoisotopic (exact) mass is 234 g/mol. The van der Waals surface area contributed by atoms with Crippen molar-refractivity contribution in [1.82, 2.24) is 0 Å². The molecule has 0 radical (unpaired) electrons. The summed E-state index contributed by atoms with van der Waals surface area (Å²) in [7, 11) is 0. The van der Waals surface area contributed by atoms with E-state index in [1.54, 1.807) is 13.2 Å². The largest absolute Gasteiger partial charge is 0.464 e. The Balaban J connectivity index is 2.18. The van der Waals surface area contributed by atoms with Crippen molar-refractivity contribution in [2.75, 3.05) is 6.61 Å². The number of carbonyl (C=O) groups excluding carboxylic acids is 1. The molecule has 0 spiro atoms. The van der Waals surface area contributed by atoms with E-state index in [0.29, 0.717) is 0 Å². The van der Waals surface area contributed by atoms with Crippen LogP contribution in [0.2, 0.25) is 0 Å². The van der Waals surface area contributed by atoms with Gasteiger partial charge in [0.1, 0.15) is 5.58 Å². The minimum atomic E-state index is -1.13. The molecule has 2 rings (SSSR count). The molecule has 4 heteroatoms. The molecule has 0 aliphatic carbocycles. The average molecular weight is 234 g/mol. The van der Waals surface area contributed by atoms with Crippen molar-refractivity contribution >= 4 is 16.9 Å². The summed E-state index contributed by atoms with van der Waals surface area (Å²) in [6.07, 6.45) is 0.691. The van der Waals surface area contributed by atoms with E-state index in [2.05, 4.69) is 0 Å². The highest BCUT2D eigenvalue weighted by Gasteiger charge is 2.18. The molecule has 0 saturated heterocycles. The lowest BCUT2D eigenvalue weighted by Crippen LogP contribution is -2.25. The summed E-state index contributed by atoms with van der Waals surface area (Å²) in [5.41, 5.74) is 1.62. The molecule has 1 N–H and O–H groups in total. The number of fused-ring (bicyclic) bond motifs is 1. The fourth-order valence-corrected chi connectivity index (χ4v) is 1.76. The standard InChI is InChI=1S/C13H14O4/c1-2-16-13(15)11(14)8-9-4-3-5-12-10(9)6-7-17-12/h3-7,11,14H,2,8H2,1H3. The number of benzene rings is 1. The Morgan fingerprint density at radius 2 is 2.29 bits per heavy atom. The van der Waals surface area contributed by atoms with E-state index >= 15 is 0 Å². The van der Waals surface area contributed by atoms with Gasteiger partial charge in [0.2, 0.25) is 0 Å². The molecule has 90 valence electrons. The van der Waals surface area contributed by atoms with Crippen LogP contribution in [0.4, 0.5) is 0 Å². The minimum absolute atomic E-state index is 0.232. The van der Waals surface area contributed by atoms with E-state index in [0.717, 1.165) is 16.5 Å². The highest BCUT2D eigenvalue weighted by Crippen LogP contribution is 2.21. The molecule has 17 heavy (non-hydrogen) atoms. The zero-order chi connectivity index (χ0) is 12.3. The van der Waals surface area contributed by atoms with Gasteiger partial charge >= 0.3 is 5.97 Å². The third-order valence-electron chi connectivity index (χ3n) is 2.56. The van der Waals surface area contributed by atoms with Crippen LogP contribution >= 0.6 is 0 Å². The summed E-state index contributed by atoms with van der Waals surface area (Å²) < 4.78 is 10.0. The second-order valence-corrected chi connectivity index (χ2v) is 3.72. The molecule has 0 aliphatic rings. The number of rotatable bonds is 4. The third-order valence-corrected chi connectivity index (χ3v) is 2.56. The van der Waals surface area contributed by atoms with Gasteiger partial charge in [-0.2, -0.15) is 0 Å². The maximum absolute atomic E-state index is 11.3. The molecule has 4 nitrogen and oxygen atoms in total. The summed E-state index contributed by atoms with van der Waals surface area (Å²) in [5.74, 6) is -0.590. The summed E-state index contributed by atoms with van der Waals surface area (Å²) in [5, 5.41) is 10.6. The van der Waals surface area contributed by atoms with Crippen LogP contribution in [0.3, 0.4) is 0 Å². The van der Waals surface area contributed by atoms with Crippen LogP contribution in [-0.4, -0.2) is 23.8 Å². The zero-order valence-corrected chi connectivity index (χ0v) is 9.55. The number of carbonyl (C=O) groups is 1. The maximum atomic E-state index is 11.3. The predicted octanol–water partition coefficient (Wildman–Crippen LogP) is 1.90. The van der Waals surface area contributed by atoms with Crippen molar-refractivity contribution in [3.8, 4) is 0 Å². The van der Waals surface area contributed by atoms with Gasteiger partial charge in [0, 0.05) is 11.8 Å². The number of aliphatic hydroxyl groups excluding tert-OH is 1. The molecule has 1 heterocycles. The summed E-state index contributed by atoms with van der Waals surface area (Å²) >= 11 is 0. The molecule has 1 aromatic heterocycles. The van der Waals surface area contributed by atoms with Crippen molar-refractivity contribution in [2.45, 2.75) is 19.4 Å². The van der Waals surface area contributed by atoms with E-state index < -0.39 is 12.1 Å². The lowest BCUT2D eigenvalue weighted by molar-refractivity contribution is -0.152. The van der Waals surface area contributed by atoms with Crippen molar-refractivity contribution in [1.29, 1.82) is 0 Å². The summed E-state index contributed by atoms with van der Waals surface area (Å²) in [6, 6.07) is 7.36. The first-order valence-corrected chi connectivity index (χ1v) is 5.52. The SMILES string of the molecule is CCOC(=O)C(O)Cc1cccc2occc12. The number of esters is 1. The summed E-state index contributed by atoms with van der Waals surface area (Å²) in [6.45, 7) is 1.98.